The minimum absolute atomic E-state index is 0.0658. The lowest BCUT2D eigenvalue weighted by Crippen LogP contribution is -2.51. The molecule has 60 heavy (non-hydrogen) atoms. The van der Waals surface area contributed by atoms with Crippen molar-refractivity contribution < 1.29 is 28.7 Å². The van der Waals surface area contributed by atoms with Gasteiger partial charge in [0.1, 0.15) is 24.2 Å². The van der Waals surface area contributed by atoms with Crippen molar-refractivity contribution in [3.63, 3.8) is 0 Å². The van der Waals surface area contributed by atoms with E-state index in [1.807, 2.05) is 0 Å². The minimum Gasteiger partial charge on any atom is -0.488 e. The molecule has 4 amide bonds. The molecule has 3 atom stereocenters. The van der Waals surface area contributed by atoms with Gasteiger partial charge in [0.15, 0.2) is 0 Å². The van der Waals surface area contributed by atoms with Crippen LogP contribution >= 0.6 is 0 Å². The highest BCUT2D eigenvalue weighted by atomic mass is 16.5. The van der Waals surface area contributed by atoms with E-state index >= 15 is 0 Å². The summed E-state index contributed by atoms with van der Waals surface area (Å²) in [7, 11) is 3.55. The van der Waals surface area contributed by atoms with Gasteiger partial charge in [-0.1, -0.05) is 106 Å². The van der Waals surface area contributed by atoms with Crippen molar-refractivity contribution in [3.8, 4) is 5.75 Å². The number of aldehydes is 1. The van der Waals surface area contributed by atoms with Gasteiger partial charge in [-0.05, 0) is 95.8 Å². The van der Waals surface area contributed by atoms with Gasteiger partial charge in [-0.15, -0.1) is 0 Å². The fourth-order valence-corrected chi connectivity index (χ4v) is 9.51. The number of carbonyl (C=O) groups is 5. The Morgan fingerprint density at radius 2 is 1.43 bits per heavy atom. The predicted octanol–water partition coefficient (Wildman–Crippen LogP) is 7.68. The molecule has 0 aromatic heterocycles. The lowest BCUT2D eigenvalue weighted by molar-refractivity contribution is -0.125. The fraction of sp³-hybridized carbons (Fsp3) is 0.420. The molecular weight excluding hydrogens is 753 g/mol. The second-order valence-corrected chi connectivity index (χ2v) is 17.0. The second-order valence-electron chi connectivity index (χ2n) is 17.0. The van der Waals surface area contributed by atoms with Crippen LogP contribution in [0.1, 0.15) is 124 Å². The smallest absolute Gasteiger partial charge is 0.262 e. The van der Waals surface area contributed by atoms with Gasteiger partial charge in [0.25, 0.3) is 11.8 Å². The molecule has 5 aliphatic rings. The molecule has 0 spiro atoms. The highest BCUT2D eigenvalue weighted by Gasteiger charge is 2.43. The van der Waals surface area contributed by atoms with Crippen LogP contribution in [-0.2, 0) is 33.9 Å². The Morgan fingerprint density at radius 1 is 0.800 bits per heavy atom. The Balaban J connectivity index is 0.000000157. The monoisotopic (exact) mass is 810 g/mol. The number of hydrogen-bond acceptors (Lipinski definition) is 7. The van der Waals surface area contributed by atoms with Crippen LogP contribution in [0.4, 0.5) is 0 Å². The average molecular weight is 811 g/mol. The number of carbonyl (C=O) groups excluding carboxylic acids is 5. The average Bonchev–Trinajstić information content (AvgIpc) is 3.79. The second kappa shape index (κ2) is 19.6. The quantitative estimate of drug-likeness (QED) is 0.129. The Labute approximate surface area is 354 Å². The number of amides is 4. The molecule has 3 heterocycles. The van der Waals surface area contributed by atoms with Gasteiger partial charge < -0.3 is 19.7 Å². The van der Waals surface area contributed by atoms with E-state index in [-0.39, 0.29) is 24.0 Å². The summed E-state index contributed by atoms with van der Waals surface area (Å²) in [6, 6.07) is 31.1. The summed E-state index contributed by atoms with van der Waals surface area (Å²) < 4.78 is 6.10. The first-order valence-electron chi connectivity index (χ1n) is 21.6. The third-order valence-corrected chi connectivity index (χ3v) is 12.8. The molecule has 314 valence electrons. The first-order chi connectivity index (χ1) is 29.2. The van der Waals surface area contributed by atoms with E-state index < -0.39 is 23.8 Å². The van der Waals surface area contributed by atoms with Crippen LogP contribution < -0.4 is 10.1 Å². The molecule has 0 bridgehead atoms. The minimum atomic E-state index is -1.02. The van der Waals surface area contributed by atoms with Crippen LogP contribution in [0.15, 0.2) is 91.0 Å². The van der Waals surface area contributed by atoms with E-state index in [0.29, 0.717) is 37.3 Å². The number of likely N-dealkylation sites (N-methyl/N-ethyl adjacent to an activating group) is 2. The fourth-order valence-electron chi connectivity index (χ4n) is 9.51. The molecule has 1 N–H and O–H groups in total. The number of ether oxygens (including phenoxy) is 1. The van der Waals surface area contributed by atoms with Crippen molar-refractivity contribution in [2.45, 2.75) is 102 Å². The number of imide groups is 1. The Morgan fingerprint density at radius 3 is 2.00 bits per heavy atom. The zero-order valence-electron chi connectivity index (χ0n) is 35.2. The topological polar surface area (TPSA) is 116 Å². The summed E-state index contributed by atoms with van der Waals surface area (Å²) >= 11 is 0. The summed E-state index contributed by atoms with van der Waals surface area (Å²) in [6.45, 7) is 5.18. The van der Waals surface area contributed by atoms with Gasteiger partial charge >= 0.3 is 0 Å². The van der Waals surface area contributed by atoms with Crippen molar-refractivity contribution in [2.75, 3.05) is 27.2 Å². The highest BCUT2D eigenvalue weighted by molar-refractivity contribution is 6.23. The lowest BCUT2D eigenvalue weighted by atomic mass is 9.69. The molecule has 3 aliphatic heterocycles. The van der Waals surface area contributed by atoms with Gasteiger partial charge in [-0.3, -0.25) is 29.0 Å². The van der Waals surface area contributed by atoms with Crippen molar-refractivity contribution in [1.29, 1.82) is 0 Å². The van der Waals surface area contributed by atoms with Crippen LogP contribution in [0.25, 0.3) is 0 Å². The largest absolute Gasteiger partial charge is 0.488 e. The summed E-state index contributed by atoms with van der Waals surface area (Å²) in [5, 5.41) is 2.43. The number of nitrogens with zero attached hydrogens (tertiary/aromatic N) is 3. The summed E-state index contributed by atoms with van der Waals surface area (Å²) in [4.78, 5) is 63.9. The van der Waals surface area contributed by atoms with Gasteiger partial charge in [-0.25, -0.2) is 0 Å². The van der Waals surface area contributed by atoms with E-state index in [0.717, 1.165) is 53.6 Å². The summed E-state index contributed by atoms with van der Waals surface area (Å²) in [5.41, 5.74) is 7.91. The third kappa shape index (κ3) is 9.55. The number of nitrogens with one attached hydrogen (secondary N) is 1. The molecule has 4 aromatic carbocycles. The maximum absolute atomic E-state index is 12.7. The number of fused-ring (bicyclic) bond motifs is 3. The molecule has 2 fully saturated rings. The van der Waals surface area contributed by atoms with Crippen LogP contribution in [0.2, 0.25) is 0 Å². The van der Waals surface area contributed by atoms with Crippen LogP contribution in [0.3, 0.4) is 0 Å². The maximum Gasteiger partial charge on any atom is 0.262 e. The highest BCUT2D eigenvalue weighted by Crippen LogP contribution is 2.46. The van der Waals surface area contributed by atoms with Crippen molar-refractivity contribution in [2.24, 2.45) is 5.92 Å². The third-order valence-electron chi connectivity index (χ3n) is 12.8. The molecule has 1 saturated carbocycles. The van der Waals surface area contributed by atoms with E-state index in [4.69, 9.17) is 4.74 Å². The maximum atomic E-state index is 12.7. The Bertz CT molecular complexity index is 2100. The zero-order chi connectivity index (χ0) is 42.2. The molecule has 10 heteroatoms. The molecule has 3 unspecified atom stereocenters. The molecule has 4 aromatic rings. The first-order valence-corrected chi connectivity index (χ1v) is 21.6. The summed E-state index contributed by atoms with van der Waals surface area (Å²) in [6.07, 6.45) is 11.6. The Kier molecular flexibility index (Phi) is 13.9. The molecule has 9 rings (SSSR count). The normalized spacial score (nSPS) is 20.2. The Hall–Kier alpha value is -5.61. The van der Waals surface area contributed by atoms with Crippen LogP contribution in [0, 0.1) is 5.92 Å². The SMILES string of the molecule is CC1CCCCC1.CN1CC(Oc2ccc(C3c4ccccc4CCC3c3ccccc3)cc2)C1.CNC(=O)C(CCC=O)N1C(=O)c2cc3c(cc2C1=O)CN(C=O)C3. The van der Waals surface area contributed by atoms with E-state index in [1.165, 1.54) is 67.8 Å². The summed E-state index contributed by atoms with van der Waals surface area (Å²) in [5.74, 6) is 1.35. The van der Waals surface area contributed by atoms with E-state index in [9.17, 15) is 24.0 Å². The zero-order valence-corrected chi connectivity index (χ0v) is 35.2. The van der Waals surface area contributed by atoms with Crippen LogP contribution in [-0.4, -0.2) is 84.4 Å². The molecule has 10 nitrogen and oxygen atoms in total. The molecular formula is C50H58N4O6. The number of likely N-dealkylation sites (tertiary alicyclic amines) is 1. The van der Waals surface area contributed by atoms with Crippen LogP contribution in [0.5, 0.6) is 5.75 Å². The van der Waals surface area contributed by atoms with Gasteiger partial charge in [0.2, 0.25) is 12.3 Å². The molecule has 2 aliphatic carbocycles. The lowest BCUT2D eigenvalue weighted by Gasteiger charge is -2.36. The van der Waals surface area contributed by atoms with Crippen molar-refractivity contribution in [3.05, 3.63) is 136 Å². The predicted molar refractivity (Wildman–Crippen MR) is 232 cm³/mol. The van der Waals surface area contributed by atoms with E-state index in [1.54, 1.807) is 17.0 Å². The van der Waals surface area contributed by atoms with E-state index in [2.05, 4.69) is 103 Å². The number of rotatable bonds is 10. The van der Waals surface area contributed by atoms with Crippen molar-refractivity contribution in [1.82, 2.24) is 20.0 Å². The number of aryl methyl sites for hydroxylation is 1. The molecule has 1 saturated heterocycles. The van der Waals surface area contributed by atoms with Gasteiger partial charge in [0, 0.05) is 45.6 Å². The number of hydrogen-bond donors (Lipinski definition) is 1. The van der Waals surface area contributed by atoms with Crippen molar-refractivity contribution >= 4 is 30.4 Å². The standard InChI is InChI=1S/C26H27NO.C17H17N3O5.C7H14/c1-27-17-23(18-27)28-22-14-11-21(12-15-22)26-24-10-6-5-9-20(24)13-16-25(26)19-7-3-2-4-8-19;1-18-15(23)14(3-2-4-21)20-16(24)12-5-10-7-19(9-22)8-11(10)6-13(12)17(20)25;1-7-5-3-2-4-6-7/h2-12,14-15,23,25-26H,13,16-18H2,1H3;4-6,9,14H,2-3,7-8H2,1H3,(H,18,23);7H,2-6H2,1H3. The van der Waals surface area contributed by atoms with Gasteiger partial charge in [-0.2, -0.15) is 0 Å². The van der Waals surface area contributed by atoms with Gasteiger partial charge in [0.05, 0.1) is 11.1 Å². The number of benzene rings is 4. The molecule has 0 radical (unpaired) electrons. The first kappa shape index (κ1) is 42.5.